The molecule has 0 unspecified atom stereocenters. The number of carbonyl (C=O) groups is 1. The average Bonchev–Trinajstić information content (AvgIpc) is 3.42. The van der Waals surface area contributed by atoms with Crippen molar-refractivity contribution in [3.05, 3.63) is 230 Å². The van der Waals surface area contributed by atoms with Crippen LogP contribution in [0.3, 0.4) is 0 Å². The maximum absolute atomic E-state index is 11.6. The van der Waals surface area contributed by atoms with Gasteiger partial charge in [0.1, 0.15) is 22.8 Å². The normalized spacial score (nSPS) is 10.5. The fraction of sp³-hybridized carbons (Fsp3) is 0.100. The first-order valence-corrected chi connectivity index (χ1v) is 23.0. The van der Waals surface area contributed by atoms with Crippen LogP contribution in [0.2, 0.25) is 0 Å². The van der Waals surface area contributed by atoms with Gasteiger partial charge in [-0.15, -0.1) is 19.6 Å². The van der Waals surface area contributed by atoms with Crippen molar-refractivity contribution in [2.45, 2.75) is 41.0 Å². The third-order valence-corrected chi connectivity index (χ3v) is 12.2. The van der Waals surface area contributed by atoms with Crippen molar-refractivity contribution in [2.24, 2.45) is 20.7 Å². The lowest BCUT2D eigenvalue weighted by Gasteiger charge is -2.08. The molecule has 356 valence electrons. The molecular weight excluding hydrogens is 903 g/mol. The van der Waals surface area contributed by atoms with E-state index in [2.05, 4.69) is 25.7 Å². The number of fused-ring (bicyclic) bond motifs is 7. The fourth-order valence-electron chi connectivity index (χ4n) is 8.33. The maximum Gasteiger partial charge on any atom is 0.162 e. The fourth-order valence-corrected chi connectivity index (χ4v) is 8.33. The molecule has 0 aliphatic rings. The number of Topliss-reactive ketones (excluding diaryl/α,β-unsaturated/α-hetero) is 1. The largest absolute Gasteiger partial charge is 0.507 e. The molecule has 11 aromatic rings. The zero-order valence-corrected chi connectivity index (χ0v) is 40.2. The molecule has 12 heteroatoms. The third kappa shape index (κ3) is 10.9. The smallest absolute Gasteiger partial charge is 0.162 e. The molecule has 0 atom stereocenters. The van der Waals surface area contributed by atoms with E-state index in [1.165, 1.54) is 0 Å². The summed E-state index contributed by atoms with van der Waals surface area (Å²) < 4.78 is 0. The van der Waals surface area contributed by atoms with Crippen LogP contribution in [0.15, 0.2) is 203 Å². The first-order valence-electron chi connectivity index (χ1n) is 23.0. The van der Waals surface area contributed by atoms with Crippen molar-refractivity contribution in [2.75, 3.05) is 0 Å². The van der Waals surface area contributed by atoms with Gasteiger partial charge in [0.2, 0.25) is 0 Å². The number of hydrogen-bond acceptors (Lipinski definition) is 12. The summed E-state index contributed by atoms with van der Waals surface area (Å²) in [5.74, 6) is 0.454. The van der Waals surface area contributed by atoms with Crippen LogP contribution in [-0.4, -0.2) is 21.0 Å². The maximum atomic E-state index is 11.6. The van der Waals surface area contributed by atoms with Crippen molar-refractivity contribution >= 4 is 93.3 Å². The van der Waals surface area contributed by atoms with Crippen molar-refractivity contribution in [1.29, 1.82) is 0 Å². The first kappa shape index (κ1) is 50.5. The van der Waals surface area contributed by atoms with Gasteiger partial charge in [0.15, 0.2) is 17.2 Å². The Morgan fingerprint density at radius 2 is 0.833 bits per heavy atom. The lowest BCUT2D eigenvalue weighted by molar-refractivity contribution is 0.0988. The summed E-state index contributed by atoms with van der Waals surface area (Å²) in [6.07, 6.45) is 2.18. The number of carbonyl (C=O) groups excluding carboxylic acids is 1. The SMILES string of the molecule is CCC(=O)c1ccc2c(N=O)c(C)ccc2c1.Cc1ccc2ccccc2c1N=O.Cc1ccc2ccccc2c1O.Cc1ccc2ncccc2c1N=O.O=Nc1c(O)c2ccccc2c2ccccc12. The molecule has 12 nitrogen and oxygen atoms in total. The van der Waals surface area contributed by atoms with Crippen molar-refractivity contribution < 1.29 is 15.0 Å². The van der Waals surface area contributed by atoms with Crippen LogP contribution >= 0.6 is 0 Å². The molecule has 72 heavy (non-hydrogen) atoms. The number of nitroso groups, excluding NO2 is 4. The number of pyridine rings is 1. The molecule has 0 saturated carbocycles. The predicted molar refractivity (Wildman–Crippen MR) is 294 cm³/mol. The molecule has 1 heterocycles. The summed E-state index contributed by atoms with van der Waals surface area (Å²) in [5, 5.41) is 41.5. The number of phenolic OH excluding ortho intramolecular Hbond substituents is 2. The zero-order chi connectivity index (χ0) is 51.3. The number of aromatic nitrogens is 1. The molecule has 11 rings (SSSR count). The molecule has 1 aromatic heterocycles. The molecular formula is C60H49N5O7. The van der Waals surface area contributed by atoms with Gasteiger partial charge in [0.25, 0.3) is 0 Å². The van der Waals surface area contributed by atoms with Gasteiger partial charge in [-0.25, -0.2) is 0 Å². The standard InChI is InChI=1S/C14H9NO2.C14H13NO2.C11H9NO.C11H10O.C10H8N2O/c16-14-12-8-4-2-6-10(12)9-5-1-3-7-11(9)13(14)15-17;1-3-13(16)11-6-7-12-10(8-11)5-4-9(2)14(12)15-17;1-8-6-7-9-4-2-3-5-10(9)11(8)12-13;1-8-6-7-9-4-2-3-5-10(9)11(8)12;1-7-4-5-9-8(10(7)12-13)3-2-6-11-9/h1-8,16H;4-8H,3H2,1-2H3;2-7H,1H3;2-7,12H,1H3;2-6H,1H3. The number of rotatable bonds is 6. The van der Waals surface area contributed by atoms with E-state index >= 15 is 0 Å². The van der Waals surface area contributed by atoms with Gasteiger partial charge in [-0.1, -0.05) is 159 Å². The number of phenols is 2. The van der Waals surface area contributed by atoms with Gasteiger partial charge in [-0.2, -0.15) is 0 Å². The van der Waals surface area contributed by atoms with Gasteiger partial charge in [-0.05, 0) is 122 Å². The van der Waals surface area contributed by atoms with Crippen LogP contribution in [0.1, 0.15) is 46.0 Å². The minimum absolute atomic E-state index is 0.0469. The van der Waals surface area contributed by atoms with E-state index in [1.807, 2.05) is 180 Å². The molecule has 0 spiro atoms. The van der Waals surface area contributed by atoms with Crippen LogP contribution in [0.25, 0.3) is 64.8 Å². The van der Waals surface area contributed by atoms with Gasteiger partial charge < -0.3 is 10.2 Å². The van der Waals surface area contributed by atoms with Gasteiger partial charge >= 0.3 is 0 Å². The second-order valence-corrected chi connectivity index (χ2v) is 16.8. The Kier molecular flexibility index (Phi) is 16.3. The van der Waals surface area contributed by atoms with Crippen molar-refractivity contribution in [1.82, 2.24) is 4.98 Å². The molecule has 0 aliphatic heterocycles. The molecule has 0 saturated heterocycles. The van der Waals surface area contributed by atoms with E-state index in [-0.39, 0.29) is 17.2 Å². The Morgan fingerprint density at radius 3 is 1.42 bits per heavy atom. The van der Waals surface area contributed by atoms with E-state index in [0.717, 1.165) is 76.2 Å². The number of benzene rings is 10. The van der Waals surface area contributed by atoms with Gasteiger partial charge in [0, 0.05) is 50.5 Å². The number of aromatic hydroxyl groups is 2. The summed E-state index contributed by atoms with van der Waals surface area (Å²) >= 11 is 0. The first-order chi connectivity index (χ1) is 34.9. The van der Waals surface area contributed by atoms with E-state index in [1.54, 1.807) is 36.5 Å². The summed E-state index contributed by atoms with van der Waals surface area (Å²) in [6, 6.07) is 54.8. The molecule has 0 radical (unpaired) electrons. The van der Waals surface area contributed by atoms with E-state index in [4.69, 9.17) is 0 Å². The lowest BCUT2D eigenvalue weighted by Crippen LogP contribution is -1.95. The summed E-state index contributed by atoms with van der Waals surface area (Å²) in [6.45, 7) is 9.34. The van der Waals surface area contributed by atoms with Crippen molar-refractivity contribution in [3.63, 3.8) is 0 Å². The van der Waals surface area contributed by atoms with Gasteiger partial charge in [-0.3, -0.25) is 9.78 Å². The molecule has 0 amide bonds. The van der Waals surface area contributed by atoms with Crippen LogP contribution < -0.4 is 0 Å². The second kappa shape index (κ2) is 23.3. The molecule has 0 bridgehead atoms. The quantitative estimate of drug-likeness (QED) is 0.0935. The Hall–Kier alpha value is -9.42. The molecule has 0 fully saturated rings. The Labute approximate surface area is 414 Å². The minimum Gasteiger partial charge on any atom is -0.507 e. The van der Waals surface area contributed by atoms with E-state index in [9.17, 15) is 34.6 Å². The van der Waals surface area contributed by atoms with Gasteiger partial charge in [0.05, 0.1) is 5.52 Å². The Balaban J connectivity index is 0.000000133. The molecule has 10 aromatic carbocycles. The summed E-state index contributed by atoms with van der Waals surface area (Å²) in [4.78, 5) is 58.6. The van der Waals surface area contributed by atoms with Crippen LogP contribution in [0.5, 0.6) is 11.5 Å². The van der Waals surface area contributed by atoms with Crippen LogP contribution in [0, 0.1) is 47.3 Å². The highest BCUT2D eigenvalue weighted by Gasteiger charge is 2.14. The van der Waals surface area contributed by atoms with E-state index in [0.29, 0.717) is 45.6 Å². The molecule has 2 N–H and O–H groups in total. The average molecular weight is 952 g/mol. The second-order valence-electron chi connectivity index (χ2n) is 16.8. The number of aryl methyl sites for hydroxylation is 4. The predicted octanol–water partition coefficient (Wildman–Crippen LogP) is 17.6. The number of ketones is 1. The Bertz CT molecular complexity index is 3750. The number of nitrogens with zero attached hydrogens (tertiary/aromatic N) is 5. The zero-order valence-electron chi connectivity index (χ0n) is 40.2. The highest BCUT2D eigenvalue weighted by atomic mass is 16.3. The monoisotopic (exact) mass is 951 g/mol. The Morgan fingerprint density at radius 1 is 0.403 bits per heavy atom. The topological polar surface area (TPSA) is 188 Å². The third-order valence-electron chi connectivity index (χ3n) is 12.2. The lowest BCUT2D eigenvalue weighted by atomic mass is 9.99. The highest BCUT2D eigenvalue weighted by Crippen LogP contribution is 2.42. The summed E-state index contributed by atoms with van der Waals surface area (Å²) in [7, 11) is 0. The molecule has 0 aliphatic carbocycles. The van der Waals surface area contributed by atoms with Crippen LogP contribution in [-0.2, 0) is 0 Å². The van der Waals surface area contributed by atoms with E-state index < -0.39 is 0 Å². The van der Waals surface area contributed by atoms with Crippen LogP contribution in [0.4, 0.5) is 22.7 Å². The number of hydrogen-bond donors (Lipinski definition) is 2. The van der Waals surface area contributed by atoms with Crippen molar-refractivity contribution in [3.8, 4) is 11.5 Å². The summed E-state index contributed by atoms with van der Waals surface area (Å²) in [5.41, 5.74) is 6.68. The minimum atomic E-state index is -0.0469. The highest BCUT2D eigenvalue weighted by molar-refractivity contribution is 6.16.